The van der Waals surface area contributed by atoms with E-state index in [1.165, 1.54) is 12.0 Å². The molecule has 0 radical (unpaired) electrons. The van der Waals surface area contributed by atoms with Crippen molar-refractivity contribution in [1.29, 1.82) is 0 Å². The van der Waals surface area contributed by atoms with E-state index in [1.807, 2.05) is 31.2 Å². The van der Waals surface area contributed by atoms with Gasteiger partial charge in [-0.1, -0.05) is 18.6 Å². The second kappa shape index (κ2) is 5.15. The van der Waals surface area contributed by atoms with Gasteiger partial charge in [0.15, 0.2) is 0 Å². The molecule has 0 aromatic heterocycles. The predicted molar refractivity (Wildman–Crippen MR) is 63.6 cm³/mol. The molecule has 1 aliphatic carbocycles. The largest absolute Gasteiger partial charge is 0.493 e. The number of hydrogen-bond donors (Lipinski definition) is 0. The quantitative estimate of drug-likeness (QED) is 0.759. The third-order valence-electron chi connectivity index (χ3n) is 3.17. The van der Waals surface area contributed by atoms with E-state index in [-0.39, 0.29) is 0 Å². The molecule has 2 rings (SSSR count). The first-order valence-electron chi connectivity index (χ1n) is 5.98. The van der Waals surface area contributed by atoms with Gasteiger partial charge in [-0.25, -0.2) is 0 Å². The topological polar surface area (TPSA) is 26.3 Å². The van der Waals surface area contributed by atoms with Crippen molar-refractivity contribution in [2.75, 3.05) is 6.61 Å². The van der Waals surface area contributed by atoms with E-state index in [0.29, 0.717) is 24.7 Å². The van der Waals surface area contributed by atoms with Crippen LogP contribution in [-0.4, -0.2) is 12.4 Å². The van der Waals surface area contributed by atoms with Gasteiger partial charge in [0.05, 0.1) is 6.61 Å². The number of ether oxygens (including phenoxy) is 1. The molecule has 0 spiro atoms. The fraction of sp³-hybridized carbons (Fsp3) is 0.500. The summed E-state index contributed by atoms with van der Waals surface area (Å²) in [6, 6.07) is 7.93. The number of carbonyl (C=O) groups excluding carboxylic acids is 1. The number of carbonyl (C=O) groups is 1. The zero-order chi connectivity index (χ0) is 11.4. The number of Topliss-reactive ketones (excluding diaryl/α,β-unsaturated/α-hetero) is 1. The molecule has 0 N–H and O–H groups in total. The minimum Gasteiger partial charge on any atom is -0.493 e. The normalized spacial score (nSPS) is 15.6. The van der Waals surface area contributed by atoms with Gasteiger partial charge in [-0.15, -0.1) is 0 Å². The van der Waals surface area contributed by atoms with Crippen LogP contribution in [0.3, 0.4) is 0 Å². The van der Waals surface area contributed by atoms with Crippen LogP contribution in [0.4, 0.5) is 0 Å². The molecule has 1 fully saturated rings. The lowest BCUT2D eigenvalue weighted by atomic mass is 9.81. The van der Waals surface area contributed by atoms with E-state index in [1.54, 1.807) is 0 Å². The first-order chi connectivity index (χ1) is 7.75. The van der Waals surface area contributed by atoms with Gasteiger partial charge in [-0.2, -0.15) is 0 Å². The Morgan fingerprint density at radius 1 is 1.44 bits per heavy atom. The maximum Gasteiger partial charge on any atom is 0.139 e. The van der Waals surface area contributed by atoms with Crippen LogP contribution >= 0.6 is 0 Å². The van der Waals surface area contributed by atoms with Crippen LogP contribution < -0.4 is 4.74 Å². The highest BCUT2D eigenvalue weighted by Crippen LogP contribution is 2.28. The summed E-state index contributed by atoms with van der Waals surface area (Å²) >= 11 is 0. The Kier molecular flexibility index (Phi) is 3.60. The molecule has 1 aromatic carbocycles. The van der Waals surface area contributed by atoms with Crippen LogP contribution in [-0.2, 0) is 4.79 Å². The van der Waals surface area contributed by atoms with Crippen LogP contribution in [0.15, 0.2) is 24.3 Å². The van der Waals surface area contributed by atoms with E-state index in [0.717, 1.165) is 18.6 Å². The second-order valence-corrected chi connectivity index (χ2v) is 4.51. The molecular formula is C14H18O2. The minimum absolute atomic E-state index is 0.334. The van der Waals surface area contributed by atoms with Gasteiger partial charge >= 0.3 is 0 Å². The summed E-state index contributed by atoms with van der Waals surface area (Å²) < 4.78 is 5.56. The van der Waals surface area contributed by atoms with Crippen molar-refractivity contribution in [3.63, 3.8) is 0 Å². The third kappa shape index (κ3) is 2.84. The van der Waals surface area contributed by atoms with E-state index >= 15 is 0 Å². The Labute approximate surface area is 96.6 Å². The Hall–Kier alpha value is -1.31. The van der Waals surface area contributed by atoms with Crippen molar-refractivity contribution in [1.82, 2.24) is 0 Å². The summed E-state index contributed by atoms with van der Waals surface area (Å²) in [6.45, 7) is 2.55. The summed E-state index contributed by atoms with van der Waals surface area (Å²) in [6.07, 6.45) is 3.94. The van der Waals surface area contributed by atoms with Gasteiger partial charge in [0, 0.05) is 12.3 Å². The average molecular weight is 218 g/mol. The summed E-state index contributed by atoms with van der Waals surface area (Å²) in [5, 5.41) is 0. The SMILES string of the molecule is Cc1cccc(OCCC(=O)C2CCC2)c1. The molecular weight excluding hydrogens is 200 g/mol. The summed E-state index contributed by atoms with van der Waals surface area (Å²) in [7, 11) is 0. The molecule has 0 atom stereocenters. The number of hydrogen-bond acceptors (Lipinski definition) is 2. The number of rotatable bonds is 5. The Bertz CT molecular complexity index is 367. The average Bonchev–Trinajstić information content (AvgIpc) is 2.15. The molecule has 1 aliphatic rings. The number of ketones is 1. The lowest BCUT2D eigenvalue weighted by molar-refractivity contribution is -0.125. The Balaban J connectivity index is 1.73. The first kappa shape index (κ1) is 11.2. The summed E-state index contributed by atoms with van der Waals surface area (Å²) in [4.78, 5) is 11.6. The molecule has 86 valence electrons. The van der Waals surface area contributed by atoms with Gasteiger partial charge < -0.3 is 4.74 Å². The van der Waals surface area contributed by atoms with Gasteiger partial charge in [-0.05, 0) is 37.5 Å². The zero-order valence-electron chi connectivity index (χ0n) is 9.74. The standard InChI is InChI=1S/C14H18O2/c1-11-4-2-7-13(10-11)16-9-8-14(15)12-5-3-6-12/h2,4,7,10,12H,3,5-6,8-9H2,1H3. The lowest BCUT2D eigenvalue weighted by Crippen LogP contribution is -2.23. The first-order valence-corrected chi connectivity index (χ1v) is 5.98. The molecule has 0 saturated heterocycles. The molecule has 0 heterocycles. The van der Waals surface area contributed by atoms with E-state index in [4.69, 9.17) is 4.74 Å². The second-order valence-electron chi connectivity index (χ2n) is 4.51. The fourth-order valence-corrected chi connectivity index (χ4v) is 1.91. The van der Waals surface area contributed by atoms with Gasteiger partial charge in [0.2, 0.25) is 0 Å². The molecule has 0 aliphatic heterocycles. The lowest BCUT2D eigenvalue weighted by Gasteiger charge is -2.23. The summed E-state index contributed by atoms with van der Waals surface area (Å²) in [5.74, 6) is 1.57. The molecule has 2 heteroatoms. The third-order valence-corrected chi connectivity index (χ3v) is 3.17. The van der Waals surface area contributed by atoms with Crippen molar-refractivity contribution in [2.24, 2.45) is 5.92 Å². The van der Waals surface area contributed by atoms with Crippen LogP contribution in [0.25, 0.3) is 0 Å². The molecule has 2 nitrogen and oxygen atoms in total. The summed E-state index contributed by atoms with van der Waals surface area (Å²) in [5.41, 5.74) is 1.18. The highest BCUT2D eigenvalue weighted by molar-refractivity contribution is 5.81. The van der Waals surface area contributed by atoms with Crippen molar-refractivity contribution >= 4 is 5.78 Å². The van der Waals surface area contributed by atoms with Crippen LogP contribution in [0.1, 0.15) is 31.2 Å². The molecule has 0 amide bonds. The Morgan fingerprint density at radius 3 is 2.88 bits per heavy atom. The van der Waals surface area contributed by atoms with Gasteiger partial charge in [0.25, 0.3) is 0 Å². The van der Waals surface area contributed by atoms with Crippen molar-refractivity contribution < 1.29 is 9.53 Å². The highest BCUT2D eigenvalue weighted by Gasteiger charge is 2.24. The van der Waals surface area contributed by atoms with Gasteiger partial charge in [0.1, 0.15) is 11.5 Å². The maximum absolute atomic E-state index is 11.6. The van der Waals surface area contributed by atoms with Crippen molar-refractivity contribution in [3.8, 4) is 5.75 Å². The minimum atomic E-state index is 0.334. The number of benzene rings is 1. The highest BCUT2D eigenvalue weighted by atomic mass is 16.5. The van der Waals surface area contributed by atoms with Crippen molar-refractivity contribution in [2.45, 2.75) is 32.6 Å². The molecule has 0 bridgehead atoms. The number of aryl methyl sites for hydroxylation is 1. The van der Waals surface area contributed by atoms with E-state index in [2.05, 4.69) is 0 Å². The van der Waals surface area contributed by atoms with E-state index < -0.39 is 0 Å². The van der Waals surface area contributed by atoms with Crippen LogP contribution in [0.2, 0.25) is 0 Å². The zero-order valence-corrected chi connectivity index (χ0v) is 9.74. The Morgan fingerprint density at radius 2 is 2.25 bits per heavy atom. The fourth-order valence-electron chi connectivity index (χ4n) is 1.91. The van der Waals surface area contributed by atoms with Crippen molar-refractivity contribution in [3.05, 3.63) is 29.8 Å². The molecule has 16 heavy (non-hydrogen) atoms. The van der Waals surface area contributed by atoms with Crippen LogP contribution in [0, 0.1) is 12.8 Å². The molecule has 1 saturated carbocycles. The van der Waals surface area contributed by atoms with Gasteiger partial charge in [-0.3, -0.25) is 4.79 Å². The monoisotopic (exact) mass is 218 g/mol. The predicted octanol–water partition coefficient (Wildman–Crippen LogP) is 3.13. The van der Waals surface area contributed by atoms with Crippen LogP contribution in [0.5, 0.6) is 5.75 Å². The van der Waals surface area contributed by atoms with E-state index in [9.17, 15) is 4.79 Å². The molecule has 1 aromatic rings. The molecule has 0 unspecified atom stereocenters. The smallest absolute Gasteiger partial charge is 0.139 e. The maximum atomic E-state index is 11.6.